The molecule has 30 heavy (non-hydrogen) atoms. The summed E-state index contributed by atoms with van der Waals surface area (Å²) in [5.41, 5.74) is 3.21. The lowest BCUT2D eigenvalue weighted by Gasteiger charge is -2.18. The van der Waals surface area contributed by atoms with Gasteiger partial charge in [0.1, 0.15) is 5.15 Å². The van der Waals surface area contributed by atoms with Gasteiger partial charge in [-0.3, -0.25) is 4.79 Å². The predicted octanol–water partition coefficient (Wildman–Crippen LogP) is 3.83. The first-order chi connectivity index (χ1) is 14.5. The number of methoxy groups -OCH3 is 1. The number of carbonyl (C=O) groups excluding carboxylic acids is 2. The number of amides is 1. The minimum atomic E-state index is -0.490. The van der Waals surface area contributed by atoms with Crippen molar-refractivity contribution in [3.8, 4) is 5.88 Å². The van der Waals surface area contributed by atoms with E-state index in [2.05, 4.69) is 9.97 Å². The number of nitrogens with one attached hydrogen (secondary N) is 1. The minimum absolute atomic E-state index is 0.151. The number of benzene rings is 1. The van der Waals surface area contributed by atoms with E-state index in [0.29, 0.717) is 29.8 Å². The van der Waals surface area contributed by atoms with Gasteiger partial charge in [0.05, 0.1) is 25.0 Å². The van der Waals surface area contributed by atoms with Gasteiger partial charge < -0.3 is 19.4 Å². The Morgan fingerprint density at radius 1 is 1.27 bits per heavy atom. The number of para-hydroxylation sites is 1. The maximum absolute atomic E-state index is 13.2. The molecule has 0 spiro atoms. The highest BCUT2D eigenvalue weighted by molar-refractivity contribution is 6.29. The minimum Gasteiger partial charge on any atom is -0.481 e. The number of carbonyl (C=O) groups is 2. The van der Waals surface area contributed by atoms with E-state index in [0.717, 1.165) is 16.5 Å². The Morgan fingerprint density at radius 3 is 2.83 bits per heavy atom. The largest absolute Gasteiger partial charge is 0.481 e. The molecule has 1 aliphatic rings. The van der Waals surface area contributed by atoms with Crippen molar-refractivity contribution in [2.45, 2.75) is 13.3 Å². The number of aromatic nitrogens is 2. The third-order valence-electron chi connectivity index (χ3n) is 4.95. The Balaban J connectivity index is 1.79. The number of nitrogens with zero attached hydrogens (tertiary/aromatic N) is 2. The molecule has 0 aliphatic carbocycles. The van der Waals surface area contributed by atoms with E-state index in [9.17, 15) is 9.59 Å². The average molecular weight is 426 g/mol. The van der Waals surface area contributed by atoms with E-state index in [1.807, 2.05) is 24.3 Å². The molecule has 0 atom stereocenters. The lowest BCUT2D eigenvalue weighted by molar-refractivity contribution is -0.136. The maximum atomic E-state index is 13.2. The van der Waals surface area contributed by atoms with Gasteiger partial charge in [0, 0.05) is 35.3 Å². The molecule has 3 aromatic rings. The molecule has 0 saturated carbocycles. The van der Waals surface area contributed by atoms with Gasteiger partial charge in [0.2, 0.25) is 5.88 Å². The van der Waals surface area contributed by atoms with Crippen molar-refractivity contribution >= 4 is 40.0 Å². The molecule has 7 nitrogen and oxygen atoms in total. The molecule has 1 aromatic carbocycles. The molecule has 8 heteroatoms. The highest BCUT2D eigenvalue weighted by Gasteiger charge is 2.28. The smallest absolute Gasteiger partial charge is 0.341 e. The summed E-state index contributed by atoms with van der Waals surface area (Å²) in [5.74, 6) is -0.560. The molecule has 0 fully saturated rings. The van der Waals surface area contributed by atoms with Crippen molar-refractivity contribution in [3.05, 3.63) is 64.6 Å². The van der Waals surface area contributed by atoms with Gasteiger partial charge in [0.15, 0.2) is 0 Å². The number of esters is 1. The molecule has 0 saturated heterocycles. The Kier molecular flexibility index (Phi) is 5.46. The van der Waals surface area contributed by atoms with Crippen molar-refractivity contribution in [1.82, 2.24) is 14.9 Å². The van der Waals surface area contributed by atoms with Gasteiger partial charge in [-0.2, -0.15) is 0 Å². The zero-order valence-corrected chi connectivity index (χ0v) is 17.3. The molecular weight excluding hydrogens is 406 g/mol. The zero-order chi connectivity index (χ0) is 21.3. The molecule has 0 radical (unpaired) electrons. The number of rotatable bonds is 4. The van der Waals surface area contributed by atoms with Crippen molar-refractivity contribution in [1.29, 1.82) is 0 Å². The second kappa shape index (κ2) is 8.20. The first-order valence-corrected chi connectivity index (χ1v) is 9.91. The van der Waals surface area contributed by atoms with Crippen molar-refractivity contribution in [2.75, 3.05) is 20.3 Å². The molecule has 1 amide bonds. The van der Waals surface area contributed by atoms with Crippen LogP contribution in [-0.4, -0.2) is 47.0 Å². The van der Waals surface area contributed by atoms with Crippen LogP contribution in [0.15, 0.2) is 42.6 Å². The zero-order valence-electron chi connectivity index (χ0n) is 16.6. The third kappa shape index (κ3) is 3.64. The number of fused-ring (bicyclic) bond motifs is 3. The summed E-state index contributed by atoms with van der Waals surface area (Å²) in [6, 6.07) is 10.8. The second-order valence-electron chi connectivity index (χ2n) is 6.76. The standard InChI is InChI=1S/C22H20ClN3O4/c1-3-30-22(28)16-12-26(21(27)13-10-18(23)25-19(11-13)29-2)9-8-15-14-6-4-5-7-17(14)24-20(15)16/h4-7,10-12,24H,3,8-9H2,1-2H3. The number of hydrogen-bond donors (Lipinski definition) is 1. The first kappa shape index (κ1) is 20.0. The fourth-order valence-corrected chi connectivity index (χ4v) is 3.80. The van der Waals surface area contributed by atoms with Crippen LogP contribution in [0.4, 0.5) is 0 Å². The van der Waals surface area contributed by atoms with Crippen LogP contribution < -0.4 is 4.74 Å². The topological polar surface area (TPSA) is 84.5 Å². The summed E-state index contributed by atoms with van der Waals surface area (Å²) in [4.78, 5) is 34.8. The van der Waals surface area contributed by atoms with Gasteiger partial charge in [-0.25, -0.2) is 9.78 Å². The van der Waals surface area contributed by atoms with Gasteiger partial charge in [-0.15, -0.1) is 0 Å². The van der Waals surface area contributed by atoms with Crippen LogP contribution in [0, 0.1) is 0 Å². The number of halogens is 1. The fraction of sp³-hybridized carbons (Fsp3) is 0.227. The first-order valence-electron chi connectivity index (χ1n) is 9.53. The van der Waals surface area contributed by atoms with Crippen LogP contribution in [0.25, 0.3) is 16.5 Å². The predicted molar refractivity (Wildman–Crippen MR) is 113 cm³/mol. The third-order valence-corrected chi connectivity index (χ3v) is 5.15. The lowest BCUT2D eigenvalue weighted by Crippen LogP contribution is -2.28. The van der Waals surface area contributed by atoms with E-state index in [4.69, 9.17) is 21.1 Å². The van der Waals surface area contributed by atoms with Gasteiger partial charge in [-0.1, -0.05) is 29.8 Å². The number of aromatic amines is 1. The molecule has 154 valence electrons. The maximum Gasteiger partial charge on any atom is 0.341 e. The molecule has 0 bridgehead atoms. The summed E-state index contributed by atoms with van der Waals surface area (Å²) >= 11 is 6.03. The monoisotopic (exact) mass is 425 g/mol. The van der Waals surface area contributed by atoms with E-state index in [1.54, 1.807) is 13.1 Å². The van der Waals surface area contributed by atoms with Gasteiger partial charge in [0.25, 0.3) is 5.91 Å². The molecule has 0 unspecified atom stereocenters. The van der Waals surface area contributed by atoms with Gasteiger partial charge >= 0.3 is 5.97 Å². The molecule has 1 N–H and O–H groups in total. The highest BCUT2D eigenvalue weighted by atomic mass is 35.5. The van der Waals surface area contributed by atoms with Crippen LogP contribution in [0.3, 0.4) is 0 Å². The van der Waals surface area contributed by atoms with Crippen LogP contribution in [0.1, 0.15) is 28.5 Å². The van der Waals surface area contributed by atoms with Crippen LogP contribution in [-0.2, 0) is 16.0 Å². The Morgan fingerprint density at radius 2 is 2.07 bits per heavy atom. The Bertz CT molecular complexity index is 1170. The lowest BCUT2D eigenvalue weighted by atomic mass is 10.0. The van der Waals surface area contributed by atoms with Crippen molar-refractivity contribution in [2.24, 2.45) is 0 Å². The molecule has 2 aromatic heterocycles. The quantitative estimate of drug-likeness (QED) is 0.507. The van der Waals surface area contributed by atoms with E-state index in [1.165, 1.54) is 24.1 Å². The molecule has 4 rings (SSSR count). The summed E-state index contributed by atoms with van der Waals surface area (Å²) in [6.45, 7) is 2.37. The highest BCUT2D eigenvalue weighted by Crippen LogP contribution is 2.32. The fourth-order valence-electron chi connectivity index (χ4n) is 3.60. The van der Waals surface area contributed by atoms with Crippen molar-refractivity contribution in [3.63, 3.8) is 0 Å². The van der Waals surface area contributed by atoms with E-state index < -0.39 is 5.97 Å². The van der Waals surface area contributed by atoms with Gasteiger partial charge in [-0.05, 0) is 31.0 Å². The average Bonchev–Trinajstić information content (AvgIpc) is 3.00. The summed E-state index contributed by atoms with van der Waals surface area (Å²) in [7, 11) is 1.45. The van der Waals surface area contributed by atoms with E-state index >= 15 is 0 Å². The Hall–Kier alpha value is -3.32. The van der Waals surface area contributed by atoms with Crippen molar-refractivity contribution < 1.29 is 19.1 Å². The summed E-state index contributed by atoms with van der Waals surface area (Å²) < 4.78 is 10.4. The SMILES string of the molecule is CCOC(=O)C1=CN(C(=O)c2cc(Cl)nc(OC)c2)CCc2c1[nH]c1ccccc21. The normalized spacial score (nSPS) is 13.4. The summed E-state index contributed by atoms with van der Waals surface area (Å²) in [5, 5.41) is 1.17. The Labute approximate surface area is 178 Å². The second-order valence-corrected chi connectivity index (χ2v) is 7.14. The molecule has 1 aliphatic heterocycles. The number of hydrogen-bond acceptors (Lipinski definition) is 5. The number of ether oxygens (including phenoxy) is 2. The molecule has 3 heterocycles. The number of pyridine rings is 1. The number of H-pyrrole nitrogens is 1. The van der Waals surface area contributed by atoms with Crippen LogP contribution in [0.5, 0.6) is 5.88 Å². The van der Waals surface area contributed by atoms with Crippen LogP contribution in [0.2, 0.25) is 5.15 Å². The van der Waals surface area contributed by atoms with E-state index in [-0.39, 0.29) is 23.5 Å². The summed E-state index contributed by atoms with van der Waals surface area (Å²) in [6.07, 6.45) is 2.11. The molecular formula is C22H20ClN3O4. The van der Waals surface area contributed by atoms with Crippen LogP contribution >= 0.6 is 11.6 Å².